The Morgan fingerprint density at radius 1 is 0.591 bits per heavy atom. The highest BCUT2D eigenvalue weighted by Crippen LogP contribution is 2.56. The zero-order valence-corrected chi connectivity index (χ0v) is 38.6. The topological polar surface area (TPSA) is 144 Å². The number of sulfone groups is 2. The molecule has 2 saturated carbocycles. The molecule has 10 rings (SSSR count). The minimum Gasteiger partial charge on any atom is -0.393 e. The fourth-order valence-electron chi connectivity index (χ4n) is 11.0. The van der Waals surface area contributed by atoms with Gasteiger partial charge in [0.25, 0.3) is 0 Å². The molecule has 0 saturated heterocycles. The van der Waals surface area contributed by atoms with Crippen molar-refractivity contribution in [2.75, 3.05) is 11.5 Å². The number of aliphatic hydroxyl groups is 2. The number of hydrogen-bond acceptors (Lipinski definition) is 8. The second-order valence-corrected chi connectivity index (χ2v) is 22.9. The Morgan fingerprint density at radius 2 is 0.955 bits per heavy atom. The fraction of sp³-hybridized carbons (Fsp3) is 0.346. The summed E-state index contributed by atoms with van der Waals surface area (Å²) in [5, 5.41) is 31.2. The molecule has 0 amide bonds. The molecule has 0 aliphatic heterocycles. The summed E-state index contributed by atoms with van der Waals surface area (Å²) in [7, 11) is -6.86. The third-order valence-electron chi connectivity index (χ3n) is 14.7. The maximum Gasteiger partial charge on any atom is 0.178 e. The quantitative estimate of drug-likeness (QED) is 0.124. The Morgan fingerprint density at radius 3 is 1.32 bits per heavy atom. The van der Waals surface area contributed by atoms with Crippen LogP contribution in [0.3, 0.4) is 0 Å². The molecular formula is C52H54F2N4O6S2. The van der Waals surface area contributed by atoms with Crippen molar-refractivity contribution in [2.45, 2.75) is 87.2 Å². The number of nitrogens with zero attached hydrogens (tertiary/aromatic N) is 4. The van der Waals surface area contributed by atoms with Crippen LogP contribution in [0.25, 0.3) is 23.5 Å². The highest BCUT2D eigenvalue weighted by Gasteiger charge is 2.49. The van der Waals surface area contributed by atoms with Crippen LogP contribution in [0, 0.1) is 34.3 Å². The van der Waals surface area contributed by atoms with Crippen molar-refractivity contribution < 1.29 is 35.8 Å². The van der Waals surface area contributed by atoms with E-state index in [1.54, 1.807) is 84.9 Å². The number of aliphatic hydroxyl groups excluding tert-OH is 2. The largest absolute Gasteiger partial charge is 0.393 e. The molecule has 6 atom stereocenters. The molecular weight excluding hydrogens is 879 g/mol. The van der Waals surface area contributed by atoms with Gasteiger partial charge in [0, 0.05) is 0 Å². The van der Waals surface area contributed by atoms with E-state index in [1.807, 2.05) is 21.8 Å². The average molecular weight is 933 g/mol. The van der Waals surface area contributed by atoms with E-state index in [0.717, 1.165) is 72.4 Å². The van der Waals surface area contributed by atoms with Gasteiger partial charge in [0.1, 0.15) is 11.6 Å². The van der Waals surface area contributed by atoms with Crippen LogP contribution >= 0.6 is 0 Å². The summed E-state index contributed by atoms with van der Waals surface area (Å²) in [4.78, 5) is 0.594. The molecule has 4 aromatic carbocycles. The molecule has 4 aliphatic rings. The van der Waals surface area contributed by atoms with Crippen molar-refractivity contribution in [2.24, 2.45) is 22.7 Å². The summed E-state index contributed by atoms with van der Waals surface area (Å²) in [6.07, 6.45) is 11.9. The summed E-state index contributed by atoms with van der Waals surface area (Å²) in [5.41, 5.74) is 7.81. The minimum absolute atomic E-state index is 0.0166. The van der Waals surface area contributed by atoms with Gasteiger partial charge < -0.3 is 10.2 Å². The van der Waals surface area contributed by atoms with Gasteiger partial charge in [0.05, 0.1) is 68.7 Å². The Hall–Kier alpha value is -5.54. The van der Waals surface area contributed by atoms with Crippen LogP contribution in [0.2, 0.25) is 0 Å². The molecule has 0 radical (unpaired) electrons. The number of hydrogen-bond donors (Lipinski definition) is 2. The van der Waals surface area contributed by atoms with Crippen molar-refractivity contribution in [1.29, 1.82) is 0 Å². The first-order chi connectivity index (χ1) is 31.6. The number of halogens is 2. The first-order valence-corrected chi connectivity index (χ1v) is 25.9. The van der Waals surface area contributed by atoms with E-state index in [9.17, 15) is 35.8 Å². The maximum atomic E-state index is 13.3. The van der Waals surface area contributed by atoms with Crippen molar-refractivity contribution in [3.8, 4) is 11.4 Å². The van der Waals surface area contributed by atoms with Gasteiger partial charge in [-0.3, -0.25) is 0 Å². The fourth-order valence-corrected chi connectivity index (χ4v) is 13.7. The number of benzene rings is 4. The van der Waals surface area contributed by atoms with Crippen LogP contribution in [0.15, 0.2) is 143 Å². The first kappa shape index (κ1) is 45.6. The summed E-state index contributed by atoms with van der Waals surface area (Å²) in [6.45, 7) is 4.34. The third kappa shape index (κ3) is 8.76. The van der Waals surface area contributed by atoms with Gasteiger partial charge in [-0.2, -0.15) is 10.2 Å². The standard InChI is InChI=1S/2C26H27FN2O3S/c2*1-26-16-18-17-28-29(21-10-8-20(27)9-11-21)24(18)15-19(26)7-12-23(26)25(30)13-14-33(31,32)22-5-3-2-4-6-22/h2*2-6,8-11,15,17,23,25,30H,7,12-14,16H2,1H3/t23-,25+,26+;23-,25-,26+/m11/s1. The smallest absolute Gasteiger partial charge is 0.178 e. The number of allylic oxidation sites excluding steroid dienone is 2. The van der Waals surface area contributed by atoms with Gasteiger partial charge in [-0.25, -0.2) is 35.0 Å². The van der Waals surface area contributed by atoms with Gasteiger partial charge in [-0.05, 0) is 170 Å². The zero-order chi connectivity index (χ0) is 46.4. The first-order valence-electron chi connectivity index (χ1n) is 22.6. The summed E-state index contributed by atoms with van der Waals surface area (Å²) in [5.74, 6) is -0.746. The summed E-state index contributed by atoms with van der Waals surface area (Å²) in [6, 6.07) is 29.4. The Labute approximate surface area is 385 Å². The van der Waals surface area contributed by atoms with E-state index in [2.05, 4.69) is 36.2 Å². The van der Waals surface area contributed by atoms with Crippen molar-refractivity contribution in [1.82, 2.24) is 19.6 Å². The molecule has 344 valence electrons. The minimum atomic E-state index is -3.43. The molecule has 6 aromatic rings. The molecule has 4 aliphatic carbocycles. The molecule has 2 aromatic heterocycles. The lowest BCUT2D eigenvalue weighted by Crippen LogP contribution is -2.37. The van der Waals surface area contributed by atoms with Crippen LogP contribution in [0.4, 0.5) is 8.78 Å². The SMILES string of the molecule is C[C@]12Cc3cnn(-c4ccc(F)cc4)c3C=C1CC[C@@H]2[C@@H](O)CCS(=O)(=O)c1ccccc1.C[C@]12Cc3cnn(-c4ccc(F)cc4)c3C=C1CC[C@@H]2[C@H](O)CCS(=O)(=O)c1ccccc1. The van der Waals surface area contributed by atoms with Gasteiger partial charge in [0.2, 0.25) is 0 Å². The lowest BCUT2D eigenvalue weighted by atomic mass is 9.68. The molecule has 10 nitrogen and oxygen atoms in total. The molecule has 2 fully saturated rings. The molecule has 14 heteroatoms. The van der Waals surface area contributed by atoms with E-state index in [0.29, 0.717) is 9.79 Å². The van der Waals surface area contributed by atoms with Gasteiger partial charge >= 0.3 is 0 Å². The normalized spacial score (nSPS) is 23.0. The number of fused-ring (bicyclic) bond motifs is 4. The molecule has 66 heavy (non-hydrogen) atoms. The van der Waals surface area contributed by atoms with Crippen LogP contribution in [0.1, 0.15) is 74.9 Å². The van der Waals surface area contributed by atoms with Crippen LogP contribution in [0.5, 0.6) is 0 Å². The second kappa shape index (κ2) is 17.9. The Balaban J connectivity index is 0.000000166. The lowest BCUT2D eigenvalue weighted by Gasteiger charge is -2.38. The Bertz CT molecular complexity index is 2800. The van der Waals surface area contributed by atoms with Crippen LogP contribution in [-0.4, -0.2) is 70.3 Å². The monoisotopic (exact) mass is 932 g/mol. The highest BCUT2D eigenvalue weighted by atomic mass is 32.2. The predicted octanol–water partition coefficient (Wildman–Crippen LogP) is 9.18. The number of rotatable bonds is 12. The van der Waals surface area contributed by atoms with Crippen LogP contribution < -0.4 is 0 Å². The van der Waals surface area contributed by atoms with E-state index in [4.69, 9.17) is 0 Å². The molecule has 2 heterocycles. The second-order valence-electron chi connectivity index (χ2n) is 18.7. The zero-order valence-electron chi connectivity index (χ0n) is 37.0. The van der Waals surface area contributed by atoms with Crippen molar-refractivity contribution in [3.63, 3.8) is 0 Å². The van der Waals surface area contributed by atoms with E-state index in [-0.39, 0.29) is 58.6 Å². The molecule has 0 unspecified atom stereocenters. The third-order valence-corrected chi connectivity index (χ3v) is 18.2. The summed E-state index contributed by atoms with van der Waals surface area (Å²) < 4.78 is 81.1. The number of aromatic nitrogens is 4. The highest BCUT2D eigenvalue weighted by molar-refractivity contribution is 7.91. The molecule has 2 N–H and O–H groups in total. The Kier molecular flexibility index (Phi) is 12.4. The average Bonchev–Trinajstić information content (AvgIpc) is 4.09. The van der Waals surface area contributed by atoms with Gasteiger partial charge in [-0.15, -0.1) is 0 Å². The van der Waals surface area contributed by atoms with Crippen LogP contribution in [-0.2, 0) is 32.5 Å². The van der Waals surface area contributed by atoms with Crippen molar-refractivity contribution >= 4 is 31.8 Å². The van der Waals surface area contributed by atoms with E-state index >= 15 is 0 Å². The summed E-state index contributed by atoms with van der Waals surface area (Å²) >= 11 is 0. The van der Waals surface area contributed by atoms with Gasteiger partial charge in [-0.1, -0.05) is 61.4 Å². The molecule has 0 spiro atoms. The van der Waals surface area contributed by atoms with E-state index < -0.39 is 31.9 Å². The van der Waals surface area contributed by atoms with Crippen molar-refractivity contribution in [3.05, 3.63) is 167 Å². The lowest BCUT2D eigenvalue weighted by molar-refractivity contribution is 0.0538. The van der Waals surface area contributed by atoms with E-state index in [1.165, 1.54) is 35.4 Å². The molecule has 0 bridgehead atoms. The maximum absolute atomic E-state index is 13.3. The van der Waals surface area contributed by atoms with Gasteiger partial charge in [0.15, 0.2) is 19.7 Å². The predicted molar refractivity (Wildman–Crippen MR) is 250 cm³/mol.